The van der Waals surface area contributed by atoms with Crippen molar-refractivity contribution in [2.75, 3.05) is 37.6 Å². The van der Waals surface area contributed by atoms with Crippen molar-refractivity contribution in [3.8, 4) is 0 Å². The number of rotatable bonds is 5. The van der Waals surface area contributed by atoms with Crippen molar-refractivity contribution in [1.82, 2.24) is 10.2 Å². The Morgan fingerprint density at radius 3 is 2.69 bits per heavy atom. The van der Waals surface area contributed by atoms with Gasteiger partial charge in [0.1, 0.15) is 0 Å². The number of nitrogens with one attached hydrogen (secondary N) is 1. The first-order valence-corrected chi connectivity index (χ1v) is 8.71. The summed E-state index contributed by atoms with van der Waals surface area (Å²) in [5.41, 5.74) is 6.64. The van der Waals surface area contributed by atoms with Gasteiger partial charge in [-0.1, -0.05) is 23.7 Å². The lowest BCUT2D eigenvalue weighted by molar-refractivity contribution is 0.207. The van der Waals surface area contributed by atoms with Crippen molar-refractivity contribution in [1.29, 1.82) is 0 Å². The van der Waals surface area contributed by atoms with Gasteiger partial charge in [0.25, 0.3) is 0 Å². The third-order valence-corrected chi connectivity index (χ3v) is 4.73. The molecule has 0 radical (unpaired) electrons. The van der Waals surface area contributed by atoms with E-state index in [0.717, 1.165) is 11.3 Å². The minimum Gasteiger partial charge on any atom is -0.368 e. The fraction of sp³-hybridized carbons (Fsp3) is 0.650. The Morgan fingerprint density at radius 1 is 1.35 bits per heavy atom. The van der Waals surface area contributed by atoms with E-state index in [0.29, 0.717) is 18.1 Å². The summed E-state index contributed by atoms with van der Waals surface area (Å²) >= 11 is 6.42. The van der Waals surface area contributed by atoms with E-state index < -0.39 is 56.4 Å². The number of carbonyl (C=O) groups is 1. The highest BCUT2D eigenvalue weighted by molar-refractivity contribution is 6.34. The van der Waals surface area contributed by atoms with Gasteiger partial charge in [-0.3, -0.25) is 4.90 Å². The normalized spacial score (nSPS) is 45.2. The molecular weight excluding hydrogens is 348 g/mol. The maximum absolute atomic E-state index is 11.5. The summed E-state index contributed by atoms with van der Waals surface area (Å²) in [6, 6.07) is 0.313. The van der Waals surface area contributed by atoms with Crippen molar-refractivity contribution in [3.63, 3.8) is 0 Å². The molecule has 1 saturated heterocycles. The van der Waals surface area contributed by atoms with E-state index >= 15 is 0 Å². The number of nitrogens with zero attached hydrogens (tertiary/aromatic N) is 2. The molecule has 1 heterocycles. The Balaban J connectivity index is 1.96. The molecule has 2 aliphatic rings. The number of aryl methyl sites for hydroxylation is 1. The Morgan fingerprint density at radius 2 is 2.04 bits per heavy atom. The van der Waals surface area contributed by atoms with Gasteiger partial charge in [0.05, 0.1) is 12.1 Å². The van der Waals surface area contributed by atoms with Crippen LogP contribution < -0.4 is 16.0 Å². The number of primary amides is 1. The molecule has 1 aliphatic heterocycles. The Bertz CT molecular complexity index is 1070. The van der Waals surface area contributed by atoms with Crippen LogP contribution in [0.15, 0.2) is 18.2 Å². The maximum Gasteiger partial charge on any atom is 0.312 e. The van der Waals surface area contributed by atoms with Crippen LogP contribution in [0.2, 0.25) is 5.02 Å². The standard InChI is InChI=1S/C20H31ClN4O/c1-15-3-2-4-18(19(15)21)25-13-11-24(12-14-25)10-9-16-5-7-17(8-6-16)23-20(22)26/h2-4,16-17H,5-14H2,1H3,(H3,22,23,26)/t16-,17-/i5D2,6D2,7D2,8D2,9D2,16D,17D. The molecule has 6 heteroatoms. The summed E-state index contributed by atoms with van der Waals surface area (Å²) in [5.74, 6) is -3.71. The first-order valence-electron chi connectivity index (χ1n) is 14.3. The lowest BCUT2D eigenvalue weighted by Crippen LogP contribution is -2.47. The maximum atomic E-state index is 11.5. The summed E-state index contributed by atoms with van der Waals surface area (Å²) in [6.07, 6.45) is -18.4. The molecule has 144 valence electrons. The number of benzene rings is 1. The van der Waals surface area contributed by atoms with Crippen LogP contribution in [0.1, 0.15) is 53.9 Å². The van der Waals surface area contributed by atoms with Gasteiger partial charge in [0.15, 0.2) is 0 Å². The molecule has 5 nitrogen and oxygen atoms in total. The molecule has 1 aliphatic carbocycles. The predicted molar refractivity (Wildman–Crippen MR) is 108 cm³/mol. The van der Waals surface area contributed by atoms with Gasteiger partial charge in [-0.05, 0) is 62.9 Å². The highest BCUT2D eigenvalue weighted by atomic mass is 35.5. The van der Waals surface area contributed by atoms with Crippen LogP contribution in [0, 0.1) is 12.8 Å². The van der Waals surface area contributed by atoms with Crippen LogP contribution >= 0.6 is 11.6 Å². The molecule has 1 aromatic rings. The minimum absolute atomic E-state index is 0.220. The fourth-order valence-corrected chi connectivity index (χ4v) is 3.05. The second-order valence-corrected chi connectivity index (χ2v) is 6.47. The Kier molecular flexibility index (Phi) is 3.15. The molecule has 2 amide bonds. The largest absolute Gasteiger partial charge is 0.368 e. The summed E-state index contributed by atoms with van der Waals surface area (Å²) in [6.45, 7) is 2.34. The van der Waals surface area contributed by atoms with Crippen LogP contribution in [0.25, 0.3) is 0 Å². The van der Waals surface area contributed by atoms with Gasteiger partial charge in [0.2, 0.25) is 0 Å². The van der Waals surface area contributed by atoms with Crippen molar-refractivity contribution < 1.29 is 21.2 Å². The Hall–Kier alpha value is -1.46. The van der Waals surface area contributed by atoms with E-state index in [1.54, 1.807) is 0 Å². The van der Waals surface area contributed by atoms with Gasteiger partial charge in [-0.2, -0.15) is 0 Å². The monoisotopic (exact) mass is 390 g/mol. The quantitative estimate of drug-likeness (QED) is 0.810. The molecule has 2 fully saturated rings. The van der Waals surface area contributed by atoms with Crippen LogP contribution in [0.4, 0.5) is 10.5 Å². The van der Waals surface area contributed by atoms with Crippen LogP contribution in [0.5, 0.6) is 0 Å². The average molecular weight is 391 g/mol. The number of urea groups is 1. The topological polar surface area (TPSA) is 61.6 Å². The third-order valence-electron chi connectivity index (χ3n) is 4.24. The lowest BCUT2D eigenvalue weighted by Gasteiger charge is -2.37. The van der Waals surface area contributed by atoms with Gasteiger partial charge in [0, 0.05) is 47.3 Å². The minimum atomic E-state index is -3.82. The number of carbonyl (C=O) groups excluding carboxylic acids is 1. The third kappa shape index (κ3) is 5.04. The number of piperazine rings is 1. The number of nitrogens with two attached hydrogens (primary N) is 1. The van der Waals surface area contributed by atoms with E-state index in [2.05, 4.69) is 0 Å². The summed E-state index contributed by atoms with van der Waals surface area (Å²) in [7, 11) is 0. The summed E-state index contributed by atoms with van der Waals surface area (Å²) < 4.78 is 102. The smallest absolute Gasteiger partial charge is 0.312 e. The fourth-order valence-electron chi connectivity index (χ4n) is 2.80. The van der Waals surface area contributed by atoms with Crippen LogP contribution in [-0.4, -0.2) is 49.7 Å². The zero-order valence-electron chi connectivity index (χ0n) is 26.5. The van der Waals surface area contributed by atoms with E-state index in [1.165, 1.54) is 10.2 Å². The van der Waals surface area contributed by atoms with Gasteiger partial charge >= 0.3 is 6.03 Å². The molecule has 1 aromatic carbocycles. The van der Waals surface area contributed by atoms with Gasteiger partial charge in [-0.25, -0.2) is 4.79 Å². The average Bonchev–Trinajstić information content (AvgIpc) is 2.78. The molecule has 3 N–H and O–H groups in total. The number of amides is 2. The van der Waals surface area contributed by atoms with E-state index in [1.807, 2.05) is 30.0 Å². The summed E-state index contributed by atoms with van der Waals surface area (Å²) in [4.78, 5) is 15.0. The highest BCUT2D eigenvalue weighted by Crippen LogP contribution is 2.30. The summed E-state index contributed by atoms with van der Waals surface area (Å²) in [5, 5.41) is 2.06. The van der Waals surface area contributed by atoms with Crippen molar-refractivity contribution in [2.24, 2.45) is 11.6 Å². The first-order chi connectivity index (χ1) is 17.0. The molecular formula is C20H31ClN4O. The Labute approximate surface area is 178 Å². The molecule has 3 rings (SSSR count). The zero-order chi connectivity index (χ0) is 29.3. The molecule has 0 bridgehead atoms. The number of hydrogen-bond acceptors (Lipinski definition) is 3. The van der Waals surface area contributed by atoms with Gasteiger partial charge < -0.3 is 16.0 Å². The van der Waals surface area contributed by atoms with Crippen molar-refractivity contribution in [3.05, 3.63) is 28.8 Å². The molecule has 1 saturated carbocycles. The van der Waals surface area contributed by atoms with E-state index in [-0.39, 0.29) is 13.1 Å². The number of hydrogen-bond donors (Lipinski definition) is 2. The second-order valence-electron chi connectivity index (χ2n) is 6.09. The van der Waals surface area contributed by atoms with E-state index in [4.69, 9.17) is 33.8 Å². The van der Waals surface area contributed by atoms with Crippen molar-refractivity contribution >= 4 is 23.3 Å². The molecule has 0 aromatic heterocycles. The van der Waals surface area contributed by atoms with E-state index in [9.17, 15) is 4.79 Å². The first kappa shape index (κ1) is 9.16. The number of anilines is 1. The van der Waals surface area contributed by atoms with Crippen LogP contribution in [-0.2, 0) is 0 Å². The molecule has 0 spiro atoms. The lowest BCUT2D eigenvalue weighted by atomic mass is 9.84. The zero-order valence-corrected chi connectivity index (χ0v) is 15.3. The highest BCUT2D eigenvalue weighted by Gasteiger charge is 2.24. The predicted octanol–water partition coefficient (Wildman–Crippen LogP) is 3.39. The molecule has 0 atom stereocenters. The molecule has 26 heavy (non-hydrogen) atoms. The van der Waals surface area contributed by atoms with Crippen molar-refractivity contribution in [2.45, 2.75) is 44.8 Å². The second kappa shape index (κ2) is 8.96. The van der Waals surface area contributed by atoms with Crippen LogP contribution in [0.3, 0.4) is 0 Å². The SMILES string of the molecule is [2H]C1([2H])C([2H])([2H])[C@]([2H])(C([2H])([2H])CN2CCN(c3cccc(C)c3Cl)CC2)C([2H])([2H])C([2H])([2H])[C@@]1([2H])NC(N)=O. The van der Waals surface area contributed by atoms with Gasteiger partial charge in [-0.15, -0.1) is 0 Å². The number of halogens is 1. The molecule has 0 unspecified atom stereocenters.